The maximum Gasteiger partial charge on any atom is 0.0556 e. The fraction of sp³-hybridized carbons (Fsp3) is 0.769. The number of hydrogen-bond acceptors (Lipinski definition) is 3. The molecule has 94 valence electrons. The van der Waals surface area contributed by atoms with Crippen LogP contribution in [0.1, 0.15) is 43.5 Å². The summed E-state index contributed by atoms with van der Waals surface area (Å²) in [6.45, 7) is 3.55. The molecule has 3 rings (SSSR count). The summed E-state index contributed by atoms with van der Waals surface area (Å²) in [6, 6.07) is 3.34. The van der Waals surface area contributed by atoms with Gasteiger partial charge in [0.1, 0.15) is 0 Å². The summed E-state index contributed by atoms with van der Waals surface area (Å²) < 4.78 is 2.29. The van der Waals surface area contributed by atoms with Crippen molar-refractivity contribution in [2.75, 3.05) is 26.7 Å². The van der Waals surface area contributed by atoms with Gasteiger partial charge in [-0.2, -0.15) is 5.10 Å². The zero-order chi connectivity index (χ0) is 11.7. The van der Waals surface area contributed by atoms with E-state index >= 15 is 0 Å². The number of piperidine rings is 1. The maximum absolute atomic E-state index is 4.57. The van der Waals surface area contributed by atoms with Gasteiger partial charge in [-0.1, -0.05) is 0 Å². The number of nitrogens with zero attached hydrogens (tertiary/aromatic N) is 3. The second kappa shape index (κ2) is 4.78. The van der Waals surface area contributed by atoms with E-state index in [1.54, 1.807) is 0 Å². The lowest BCUT2D eigenvalue weighted by molar-refractivity contribution is 0.208. The molecule has 0 bridgehead atoms. The van der Waals surface area contributed by atoms with E-state index in [9.17, 15) is 0 Å². The molecule has 0 amide bonds. The first-order chi connectivity index (χ1) is 8.34. The fourth-order valence-electron chi connectivity index (χ4n) is 3.08. The standard InChI is InChI=1S/C13H22N4/c1-16-9-5-11(6-10-16)17-13(4-8-15-17)12-3-2-7-14-12/h4,8,11-12,14H,2-3,5-7,9-10H2,1H3. The predicted molar refractivity (Wildman–Crippen MR) is 68.0 cm³/mol. The lowest BCUT2D eigenvalue weighted by Crippen LogP contribution is -2.33. The van der Waals surface area contributed by atoms with Crippen molar-refractivity contribution in [3.05, 3.63) is 18.0 Å². The molecule has 2 aliphatic rings. The Kier molecular flexibility index (Phi) is 3.16. The minimum atomic E-state index is 0.539. The molecular formula is C13H22N4. The monoisotopic (exact) mass is 234 g/mol. The SMILES string of the molecule is CN1CCC(n2nccc2C2CCCN2)CC1. The Morgan fingerprint density at radius 2 is 2.12 bits per heavy atom. The number of aromatic nitrogens is 2. The molecule has 4 nitrogen and oxygen atoms in total. The van der Waals surface area contributed by atoms with E-state index in [0.29, 0.717) is 12.1 Å². The van der Waals surface area contributed by atoms with Crippen LogP contribution in [-0.4, -0.2) is 41.4 Å². The number of rotatable bonds is 2. The van der Waals surface area contributed by atoms with Gasteiger partial charge in [0.2, 0.25) is 0 Å². The summed E-state index contributed by atoms with van der Waals surface area (Å²) in [6.07, 6.45) is 6.99. The van der Waals surface area contributed by atoms with Crippen LogP contribution in [0.4, 0.5) is 0 Å². The van der Waals surface area contributed by atoms with Gasteiger partial charge in [-0.3, -0.25) is 4.68 Å². The average molecular weight is 234 g/mol. The highest BCUT2D eigenvalue weighted by molar-refractivity contribution is 5.10. The Morgan fingerprint density at radius 1 is 1.29 bits per heavy atom. The van der Waals surface area contributed by atoms with Crippen molar-refractivity contribution in [3.8, 4) is 0 Å². The summed E-state index contributed by atoms with van der Waals surface area (Å²) in [7, 11) is 2.21. The Morgan fingerprint density at radius 3 is 2.82 bits per heavy atom. The molecule has 2 saturated heterocycles. The van der Waals surface area contributed by atoms with E-state index in [-0.39, 0.29) is 0 Å². The lowest BCUT2D eigenvalue weighted by Gasteiger charge is -2.30. The largest absolute Gasteiger partial charge is 0.309 e. The van der Waals surface area contributed by atoms with E-state index in [1.165, 1.54) is 44.5 Å². The quantitative estimate of drug-likeness (QED) is 0.843. The predicted octanol–water partition coefficient (Wildman–Crippen LogP) is 1.57. The lowest BCUT2D eigenvalue weighted by atomic mass is 10.0. The molecule has 0 spiro atoms. The highest BCUT2D eigenvalue weighted by atomic mass is 15.3. The minimum Gasteiger partial charge on any atom is -0.309 e. The number of hydrogen-bond donors (Lipinski definition) is 1. The minimum absolute atomic E-state index is 0.539. The van der Waals surface area contributed by atoms with Gasteiger partial charge >= 0.3 is 0 Å². The third-order valence-electron chi connectivity index (χ3n) is 4.15. The van der Waals surface area contributed by atoms with Gasteiger partial charge in [0.05, 0.1) is 11.7 Å². The van der Waals surface area contributed by atoms with Crippen LogP contribution in [0.2, 0.25) is 0 Å². The first-order valence-electron chi connectivity index (χ1n) is 6.80. The molecule has 1 atom stereocenters. The first kappa shape index (κ1) is 11.2. The summed E-state index contributed by atoms with van der Waals surface area (Å²) >= 11 is 0. The van der Waals surface area contributed by atoms with Crippen molar-refractivity contribution >= 4 is 0 Å². The molecule has 1 aromatic heterocycles. The molecule has 3 heterocycles. The van der Waals surface area contributed by atoms with Crippen LogP contribution in [0.3, 0.4) is 0 Å². The second-order valence-corrected chi connectivity index (χ2v) is 5.38. The topological polar surface area (TPSA) is 33.1 Å². The molecular weight excluding hydrogens is 212 g/mol. The van der Waals surface area contributed by atoms with E-state index in [2.05, 4.69) is 33.1 Å². The summed E-state index contributed by atoms with van der Waals surface area (Å²) in [5.74, 6) is 0. The third kappa shape index (κ3) is 2.24. The summed E-state index contributed by atoms with van der Waals surface area (Å²) in [5, 5.41) is 8.14. The van der Waals surface area contributed by atoms with Crippen molar-refractivity contribution in [1.29, 1.82) is 0 Å². The van der Waals surface area contributed by atoms with Crippen molar-refractivity contribution < 1.29 is 0 Å². The molecule has 0 aromatic carbocycles. The van der Waals surface area contributed by atoms with Crippen LogP contribution in [0.15, 0.2) is 12.3 Å². The van der Waals surface area contributed by atoms with Crippen LogP contribution in [0, 0.1) is 0 Å². The number of likely N-dealkylation sites (tertiary alicyclic amines) is 1. The van der Waals surface area contributed by atoms with Gasteiger partial charge in [-0.25, -0.2) is 0 Å². The Labute approximate surface area is 103 Å². The van der Waals surface area contributed by atoms with Gasteiger partial charge in [0.25, 0.3) is 0 Å². The van der Waals surface area contributed by atoms with Crippen molar-refractivity contribution in [2.45, 2.75) is 37.8 Å². The first-order valence-corrected chi connectivity index (χ1v) is 6.80. The Bertz CT molecular complexity index is 359. The third-order valence-corrected chi connectivity index (χ3v) is 4.15. The zero-order valence-corrected chi connectivity index (χ0v) is 10.6. The Hall–Kier alpha value is -0.870. The molecule has 0 radical (unpaired) electrons. The van der Waals surface area contributed by atoms with Crippen molar-refractivity contribution in [2.24, 2.45) is 0 Å². The summed E-state index contributed by atoms with van der Waals surface area (Å²) in [5.41, 5.74) is 1.40. The van der Waals surface area contributed by atoms with Crippen molar-refractivity contribution in [1.82, 2.24) is 20.0 Å². The highest BCUT2D eigenvalue weighted by Gasteiger charge is 2.25. The Balaban J connectivity index is 1.76. The molecule has 2 aliphatic heterocycles. The fourth-order valence-corrected chi connectivity index (χ4v) is 3.08. The highest BCUT2D eigenvalue weighted by Crippen LogP contribution is 2.28. The second-order valence-electron chi connectivity index (χ2n) is 5.38. The van der Waals surface area contributed by atoms with Crippen LogP contribution in [0.5, 0.6) is 0 Å². The van der Waals surface area contributed by atoms with Gasteiger partial charge in [-0.05, 0) is 58.4 Å². The molecule has 17 heavy (non-hydrogen) atoms. The van der Waals surface area contributed by atoms with Crippen LogP contribution < -0.4 is 5.32 Å². The van der Waals surface area contributed by atoms with Crippen LogP contribution >= 0.6 is 0 Å². The van der Waals surface area contributed by atoms with Crippen LogP contribution in [-0.2, 0) is 0 Å². The van der Waals surface area contributed by atoms with E-state index < -0.39 is 0 Å². The maximum atomic E-state index is 4.57. The molecule has 0 aliphatic carbocycles. The number of nitrogens with one attached hydrogen (secondary N) is 1. The molecule has 1 aromatic rings. The normalized spacial score (nSPS) is 27.7. The zero-order valence-electron chi connectivity index (χ0n) is 10.6. The van der Waals surface area contributed by atoms with E-state index in [1.807, 2.05) is 6.20 Å². The van der Waals surface area contributed by atoms with Gasteiger partial charge in [0.15, 0.2) is 0 Å². The van der Waals surface area contributed by atoms with Gasteiger partial charge in [-0.15, -0.1) is 0 Å². The van der Waals surface area contributed by atoms with Crippen molar-refractivity contribution in [3.63, 3.8) is 0 Å². The molecule has 0 saturated carbocycles. The van der Waals surface area contributed by atoms with E-state index in [4.69, 9.17) is 0 Å². The average Bonchev–Trinajstić information content (AvgIpc) is 3.00. The smallest absolute Gasteiger partial charge is 0.0556 e. The van der Waals surface area contributed by atoms with Gasteiger partial charge < -0.3 is 10.2 Å². The van der Waals surface area contributed by atoms with Crippen LogP contribution in [0.25, 0.3) is 0 Å². The van der Waals surface area contributed by atoms with Gasteiger partial charge in [0, 0.05) is 12.2 Å². The molecule has 2 fully saturated rings. The molecule has 1 unspecified atom stereocenters. The van der Waals surface area contributed by atoms with E-state index in [0.717, 1.165) is 6.54 Å². The molecule has 1 N–H and O–H groups in total. The molecule has 4 heteroatoms. The summed E-state index contributed by atoms with van der Waals surface area (Å²) in [4.78, 5) is 2.41.